The molecule has 1 aliphatic heterocycles. The minimum absolute atomic E-state index is 0.206. The van der Waals surface area contributed by atoms with Gasteiger partial charge in [-0.2, -0.15) is 12.6 Å². The van der Waals surface area contributed by atoms with E-state index in [1.165, 1.54) is 0 Å². The maximum absolute atomic E-state index is 11.5. The summed E-state index contributed by atoms with van der Waals surface area (Å²) < 4.78 is 5.23. The first kappa shape index (κ1) is 11.7. The van der Waals surface area contributed by atoms with E-state index in [-0.39, 0.29) is 6.09 Å². The fourth-order valence-electron chi connectivity index (χ4n) is 1.29. The summed E-state index contributed by atoms with van der Waals surface area (Å²) in [5.41, 5.74) is -0.394. The number of ether oxygens (including phenoxy) is 1. The van der Waals surface area contributed by atoms with Gasteiger partial charge in [-0.1, -0.05) is 6.92 Å². The van der Waals surface area contributed by atoms with Gasteiger partial charge in [0.1, 0.15) is 5.60 Å². The van der Waals surface area contributed by atoms with Crippen LogP contribution in [0, 0.1) is 5.92 Å². The van der Waals surface area contributed by atoms with Crippen LogP contribution < -0.4 is 0 Å². The number of likely N-dealkylation sites (tertiary alicyclic amines) is 1. The van der Waals surface area contributed by atoms with Crippen LogP contribution in [0.1, 0.15) is 27.7 Å². The lowest BCUT2D eigenvalue weighted by atomic mass is 9.97. The fraction of sp³-hybridized carbons (Fsp3) is 0.900. The van der Waals surface area contributed by atoms with Crippen molar-refractivity contribution in [3.8, 4) is 0 Å². The Kier molecular flexibility index (Phi) is 3.35. The molecule has 1 rings (SSSR count). The Labute approximate surface area is 91.2 Å². The van der Waals surface area contributed by atoms with Crippen molar-refractivity contribution in [1.29, 1.82) is 0 Å². The standard InChI is InChI=1S/C10H19NO2S/c1-7(14)8-5-11(6-8)9(12)13-10(2,3)4/h7-8,14H,5-6H2,1-4H3. The predicted octanol–water partition coefficient (Wildman–Crippen LogP) is 2.17. The van der Waals surface area contributed by atoms with Crippen molar-refractivity contribution in [3.05, 3.63) is 0 Å². The van der Waals surface area contributed by atoms with Gasteiger partial charge in [0, 0.05) is 24.3 Å². The Morgan fingerprint density at radius 1 is 1.50 bits per heavy atom. The van der Waals surface area contributed by atoms with Crippen LogP contribution in [-0.2, 0) is 4.74 Å². The number of carbonyl (C=O) groups excluding carboxylic acids is 1. The van der Waals surface area contributed by atoms with E-state index in [1.807, 2.05) is 20.8 Å². The molecule has 0 aromatic carbocycles. The zero-order valence-corrected chi connectivity index (χ0v) is 10.2. The maximum atomic E-state index is 11.5. The molecule has 4 heteroatoms. The van der Waals surface area contributed by atoms with Gasteiger partial charge < -0.3 is 9.64 Å². The first-order valence-electron chi connectivity index (χ1n) is 4.95. The van der Waals surface area contributed by atoms with E-state index in [1.54, 1.807) is 4.90 Å². The minimum Gasteiger partial charge on any atom is -0.444 e. The largest absolute Gasteiger partial charge is 0.444 e. The zero-order valence-electron chi connectivity index (χ0n) is 9.28. The summed E-state index contributed by atoms with van der Waals surface area (Å²) >= 11 is 4.34. The molecule has 1 heterocycles. The Hall–Kier alpha value is -0.380. The van der Waals surface area contributed by atoms with Crippen molar-refractivity contribution in [2.45, 2.75) is 38.5 Å². The lowest BCUT2D eigenvalue weighted by Crippen LogP contribution is -2.53. The lowest BCUT2D eigenvalue weighted by Gasteiger charge is -2.41. The van der Waals surface area contributed by atoms with Gasteiger partial charge in [-0.15, -0.1) is 0 Å². The van der Waals surface area contributed by atoms with E-state index in [2.05, 4.69) is 19.6 Å². The number of rotatable bonds is 1. The molecule has 0 aromatic rings. The molecule has 0 aromatic heterocycles. The summed E-state index contributed by atoms with van der Waals surface area (Å²) in [5.74, 6) is 0.519. The van der Waals surface area contributed by atoms with E-state index in [0.717, 1.165) is 13.1 Å². The Morgan fingerprint density at radius 3 is 2.36 bits per heavy atom. The molecular formula is C10H19NO2S. The van der Waals surface area contributed by atoms with Crippen molar-refractivity contribution in [3.63, 3.8) is 0 Å². The van der Waals surface area contributed by atoms with Crippen LogP contribution in [0.15, 0.2) is 0 Å². The number of thiol groups is 1. The Bertz CT molecular complexity index is 217. The highest BCUT2D eigenvalue weighted by atomic mass is 32.1. The molecule has 1 saturated heterocycles. The highest BCUT2D eigenvalue weighted by molar-refractivity contribution is 7.80. The second kappa shape index (κ2) is 4.01. The molecular weight excluding hydrogens is 198 g/mol. The fourth-order valence-corrected chi connectivity index (χ4v) is 1.48. The van der Waals surface area contributed by atoms with Crippen molar-refractivity contribution in [1.82, 2.24) is 4.90 Å². The van der Waals surface area contributed by atoms with E-state index in [9.17, 15) is 4.79 Å². The first-order chi connectivity index (χ1) is 6.29. The number of carbonyl (C=O) groups is 1. The maximum Gasteiger partial charge on any atom is 0.410 e. The normalized spacial score (nSPS) is 20.2. The number of amides is 1. The van der Waals surface area contributed by atoms with Gasteiger partial charge in [-0.25, -0.2) is 4.79 Å². The van der Waals surface area contributed by atoms with E-state index in [0.29, 0.717) is 11.2 Å². The van der Waals surface area contributed by atoms with Gasteiger partial charge in [0.05, 0.1) is 0 Å². The van der Waals surface area contributed by atoms with E-state index < -0.39 is 5.60 Å². The molecule has 0 aliphatic carbocycles. The summed E-state index contributed by atoms with van der Waals surface area (Å²) in [6.07, 6.45) is -0.206. The number of hydrogen-bond acceptors (Lipinski definition) is 3. The van der Waals surface area contributed by atoms with Gasteiger partial charge in [-0.3, -0.25) is 0 Å². The first-order valence-corrected chi connectivity index (χ1v) is 5.47. The molecule has 1 amide bonds. The van der Waals surface area contributed by atoms with Gasteiger partial charge in [0.25, 0.3) is 0 Å². The third-order valence-electron chi connectivity index (χ3n) is 2.24. The number of nitrogens with zero attached hydrogens (tertiary/aromatic N) is 1. The zero-order chi connectivity index (χ0) is 10.9. The van der Waals surface area contributed by atoms with E-state index >= 15 is 0 Å². The minimum atomic E-state index is -0.394. The molecule has 14 heavy (non-hydrogen) atoms. The molecule has 0 spiro atoms. The SMILES string of the molecule is CC(S)C1CN(C(=O)OC(C)(C)C)C1. The highest BCUT2D eigenvalue weighted by Gasteiger charge is 2.35. The molecule has 1 atom stereocenters. The molecule has 1 aliphatic rings. The highest BCUT2D eigenvalue weighted by Crippen LogP contribution is 2.24. The monoisotopic (exact) mass is 217 g/mol. The van der Waals surface area contributed by atoms with Crippen molar-refractivity contribution >= 4 is 18.7 Å². The molecule has 3 nitrogen and oxygen atoms in total. The topological polar surface area (TPSA) is 29.5 Å². The van der Waals surface area contributed by atoms with Crippen molar-refractivity contribution in [2.24, 2.45) is 5.92 Å². The molecule has 1 fully saturated rings. The van der Waals surface area contributed by atoms with Gasteiger partial charge in [0.15, 0.2) is 0 Å². The van der Waals surface area contributed by atoms with Crippen LogP contribution >= 0.6 is 12.6 Å². The summed E-state index contributed by atoms with van der Waals surface area (Å²) in [4.78, 5) is 13.2. The molecule has 0 bridgehead atoms. The third-order valence-corrected chi connectivity index (χ3v) is 2.67. The molecule has 0 N–H and O–H groups in total. The average Bonchev–Trinajstić information content (AvgIpc) is 1.75. The van der Waals surface area contributed by atoms with Gasteiger partial charge >= 0.3 is 6.09 Å². The van der Waals surface area contributed by atoms with Gasteiger partial charge in [0.2, 0.25) is 0 Å². The predicted molar refractivity (Wildman–Crippen MR) is 59.7 cm³/mol. The average molecular weight is 217 g/mol. The Balaban J connectivity index is 2.30. The second-order valence-corrected chi connectivity index (χ2v) is 5.70. The van der Waals surface area contributed by atoms with Crippen LogP contribution in [0.2, 0.25) is 0 Å². The van der Waals surface area contributed by atoms with Crippen molar-refractivity contribution < 1.29 is 9.53 Å². The molecule has 0 radical (unpaired) electrons. The summed E-state index contributed by atoms with van der Waals surface area (Å²) in [6, 6.07) is 0. The third kappa shape index (κ3) is 3.08. The summed E-state index contributed by atoms with van der Waals surface area (Å²) in [5, 5.41) is 0.355. The lowest BCUT2D eigenvalue weighted by molar-refractivity contribution is -0.000505. The molecule has 1 unspecified atom stereocenters. The number of hydrogen-bond donors (Lipinski definition) is 1. The van der Waals surface area contributed by atoms with Gasteiger partial charge in [-0.05, 0) is 20.8 Å². The Morgan fingerprint density at radius 2 is 2.00 bits per heavy atom. The van der Waals surface area contributed by atoms with Crippen LogP contribution in [0.4, 0.5) is 4.79 Å². The summed E-state index contributed by atoms with van der Waals surface area (Å²) in [7, 11) is 0. The van der Waals surface area contributed by atoms with Crippen molar-refractivity contribution in [2.75, 3.05) is 13.1 Å². The summed E-state index contributed by atoms with van der Waals surface area (Å²) in [6.45, 7) is 9.25. The van der Waals surface area contributed by atoms with Crippen LogP contribution in [-0.4, -0.2) is 34.9 Å². The van der Waals surface area contributed by atoms with Crippen LogP contribution in [0.3, 0.4) is 0 Å². The van der Waals surface area contributed by atoms with Crippen LogP contribution in [0.25, 0.3) is 0 Å². The van der Waals surface area contributed by atoms with Crippen LogP contribution in [0.5, 0.6) is 0 Å². The molecule has 82 valence electrons. The van der Waals surface area contributed by atoms with E-state index in [4.69, 9.17) is 4.74 Å². The smallest absolute Gasteiger partial charge is 0.410 e. The molecule has 0 saturated carbocycles. The quantitative estimate of drug-likeness (QED) is 0.682. The second-order valence-electron chi connectivity index (χ2n) is 4.89.